The number of aliphatic hydroxyl groups is 1. The second-order valence-corrected chi connectivity index (χ2v) is 10.8. The number of nitrogens with one attached hydrogen (secondary N) is 5. The van der Waals surface area contributed by atoms with Gasteiger partial charge >= 0.3 is 18.1 Å². The molecule has 0 aromatic rings. The van der Waals surface area contributed by atoms with Crippen LogP contribution in [0.1, 0.15) is 33.1 Å². The highest BCUT2D eigenvalue weighted by molar-refractivity contribution is 7.80. The van der Waals surface area contributed by atoms with E-state index in [1.54, 1.807) is 0 Å². The lowest BCUT2D eigenvalue weighted by molar-refractivity contribution is -0.192. The van der Waals surface area contributed by atoms with Crippen LogP contribution in [0, 0.1) is 0 Å². The molecule has 0 spiro atoms. The summed E-state index contributed by atoms with van der Waals surface area (Å²) < 4.78 is 31.7. The van der Waals surface area contributed by atoms with Gasteiger partial charge in [-0.05, 0) is 33.2 Å². The molecule has 0 heterocycles. The molecule has 17 nitrogen and oxygen atoms in total. The number of carboxylic acid groups (broad SMARTS) is 2. The molecule has 0 aliphatic heterocycles. The Kier molecular flexibility index (Phi) is 22.9. The standard InChI is InChI=1S/C22H41N7O8S3.C2HF3O2/c1-10(22(36)37)25-18(32)13(7-38)27-19(33)14(8-39)28-21(35)16(11(2)30)29-20(34)15(9-40)26-17(31)12(24)5-3-4-6-23;3-2(4,5)1(6)7/h10-16,30,38-40H,3-9,23-24H2,1-2H3,(H,25,32)(H,26,31)(H,27,33)(H,28,35)(H,29,34)(H,36,37);(H,6,7)/t10-,11+,12-,13-,14-,15-,16-;/m0./s1. The lowest BCUT2D eigenvalue weighted by Gasteiger charge is -2.27. The van der Waals surface area contributed by atoms with Gasteiger partial charge in [0.25, 0.3) is 0 Å². The number of halogens is 3. The number of hydrogen-bond acceptors (Lipinski definition) is 13. The SMILES string of the molecule is C[C@H](NC(=O)[C@H](CS)NC(=O)[C@H](CS)NC(=O)[C@@H](NC(=O)[C@H](CS)NC(=O)[C@@H](N)CCCCN)[C@@H](C)O)C(=O)O.O=C(O)C(F)(F)F. The number of carboxylic acids is 2. The van der Waals surface area contributed by atoms with E-state index in [-0.39, 0.29) is 17.3 Å². The highest BCUT2D eigenvalue weighted by Crippen LogP contribution is 2.13. The first-order valence-corrected chi connectivity index (χ1v) is 15.6. The predicted octanol–water partition coefficient (Wildman–Crippen LogP) is -3.23. The minimum atomic E-state index is -5.08. The van der Waals surface area contributed by atoms with Crippen molar-refractivity contribution in [1.29, 1.82) is 0 Å². The van der Waals surface area contributed by atoms with Crippen molar-refractivity contribution in [2.75, 3.05) is 23.8 Å². The van der Waals surface area contributed by atoms with Gasteiger partial charge in [-0.3, -0.25) is 28.8 Å². The van der Waals surface area contributed by atoms with Gasteiger partial charge in [-0.1, -0.05) is 6.42 Å². The third-order valence-corrected chi connectivity index (χ3v) is 6.88. The van der Waals surface area contributed by atoms with Crippen molar-refractivity contribution in [3.05, 3.63) is 0 Å². The van der Waals surface area contributed by atoms with Crippen LogP contribution in [-0.2, 0) is 33.6 Å². The quantitative estimate of drug-likeness (QED) is 0.0460. The molecular weight excluding hydrogens is 699 g/mol. The Labute approximate surface area is 284 Å². The molecule has 5 amide bonds. The Morgan fingerprint density at radius 2 is 1.09 bits per heavy atom. The summed E-state index contributed by atoms with van der Waals surface area (Å²) in [6, 6.07) is -7.38. The summed E-state index contributed by atoms with van der Waals surface area (Å²) >= 11 is 12.1. The molecule has 23 heteroatoms. The molecule has 0 saturated heterocycles. The normalized spacial score (nSPS) is 15.5. The lowest BCUT2D eigenvalue weighted by atomic mass is 10.1. The van der Waals surface area contributed by atoms with E-state index < -0.39 is 90.0 Å². The molecule has 0 aromatic carbocycles. The fourth-order valence-corrected chi connectivity index (χ4v) is 3.84. The summed E-state index contributed by atoms with van der Waals surface area (Å²) in [6.07, 6.45) is -4.85. The summed E-state index contributed by atoms with van der Waals surface area (Å²) in [5.74, 6) is -8.64. The van der Waals surface area contributed by atoms with E-state index in [9.17, 15) is 47.0 Å². The molecule has 12 N–H and O–H groups in total. The zero-order valence-corrected chi connectivity index (χ0v) is 28.0. The molecule has 47 heavy (non-hydrogen) atoms. The average molecular weight is 742 g/mol. The van der Waals surface area contributed by atoms with E-state index in [0.717, 1.165) is 0 Å². The first-order valence-electron chi connectivity index (χ1n) is 13.7. The van der Waals surface area contributed by atoms with Gasteiger partial charge in [-0.2, -0.15) is 51.1 Å². The monoisotopic (exact) mass is 741 g/mol. The number of rotatable bonds is 19. The number of unbranched alkanes of at least 4 members (excludes halogenated alkanes) is 1. The van der Waals surface area contributed by atoms with Crippen LogP contribution in [0.25, 0.3) is 0 Å². The van der Waals surface area contributed by atoms with Crippen LogP contribution in [0.4, 0.5) is 13.2 Å². The van der Waals surface area contributed by atoms with Crippen molar-refractivity contribution >= 4 is 79.4 Å². The lowest BCUT2D eigenvalue weighted by Crippen LogP contribution is -2.62. The van der Waals surface area contributed by atoms with Gasteiger partial charge < -0.3 is 53.4 Å². The Hall–Kier alpha value is -2.99. The molecule has 0 aliphatic carbocycles. The van der Waals surface area contributed by atoms with Gasteiger partial charge in [-0.15, -0.1) is 0 Å². The topological polar surface area (TPSA) is 292 Å². The van der Waals surface area contributed by atoms with Crippen molar-refractivity contribution in [3.63, 3.8) is 0 Å². The van der Waals surface area contributed by atoms with E-state index in [2.05, 4.69) is 64.5 Å². The zero-order valence-electron chi connectivity index (χ0n) is 25.3. The maximum atomic E-state index is 12.9. The maximum absolute atomic E-state index is 12.9. The van der Waals surface area contributed by atoms with Crippen LogP contribution < -0.4 is 38.1 Å². The second-order valence-electron chi connectivity index (χ2n) is 9.72. The minimum absolute atomic E-state index is 0.142. The number of aliphatic carboxylic acids is 2. The number of carbonyl (C=O) groups is 7. The average Bonchev–Trinajstić information content (AvgIpc) is 2.98. The first-order chi connectivity index (χ1) is 21.7. The summed E-state index contributed by atoms with van der Waals surface area (Å²) in [5.41, 5.74) is 11.3. The van der Waals surface area contributed by atoms with Gasteiger partial charge in [0, 0.05) is 17.3 Å². The zero-order chi connectivity index (χ0) is 37.1. The molecule has 272 valence electrons. The molecule has 0 bridgehead atoms. The van der Waals surface area contributed by atoms with Crippen LogP contribution >= 0.6 is 37.9 Å². The van der Waals surface area contributed by atoms with E-state index >= 15 is 0 Å². The number of hydrogen-bond donors (Lipinski definition) is 13. The minimum Gasteiger partial charge on any atom is -0.480 e. The fraction of sp³-hybridized carbons (Fsp3) is 0.708. The Bertz CT molecular complexity index is 1080. The number of aliphatic hydroxyl groups excluding tert-OH is 1. The fourth-order valence-electron chi connectivity index (χ4n) is 3.07. The van der Waals surface area contributed by atoms with E-state index in [1.807, 2.05) is 0 Å². The number of thiol groups is 3. The first kappa shape index (κ1) is 46.1. The van der Waals surface area contributed by atoms with Crippen molar-refractivity contribution in [2.45, 2.75) is 81.6 Å². The maximum Gasteiger partial charge on any atom is 0.490 e. The number of amides is 5. The van der Waals surface area contributed by atoms with E-state index in [4.69, 9.17) is 26.5 Å². The van der Waals surface area contributed by atoms with Crippen LogP contribution in [0.2, 0.25) is 0 Å². The Morgan fingerprint density at radius 1 is 0.702 bits per heavy atom. The predicted molar refractivity (Wildman–Crippen MR) is 171 cm³/mol. The second kappa shape index (κ2) is 23.4. The number of carbonyl (C=O) groups excluding carboxylic acids is 5. The van der Waals surface area contributed by atoms with Gasteiger partial charge in [0.1, 0.15) is 30.2 Å². The third kappa shape index (κ3) is 18.8. The van der Waals surface area contributed by atoms with Crippen LogP contribution in [0.15, 0.2) is 0 Å². The molecule has 0 fully saturated rings. The molecular formula is C24H42F3N7O10S3. The third-order valence-electron chi connectivity index (χ3n) is 5.79. The molecule has 0 rings (SSSR count). The van der Waals surface area contributed by atoms with Crippen LogP contribution in [0.5, 0.6) is 0 Å². The van der Waals surface area contributed by atoms with Gasteiger partial charge in [0.05, 0.1) is 12.1 Å². The molecule has 0 saturated carbocycles. The summed E-state index contributed by atoms with van der Waals surface area (Å²) in [6.45, 7) is 2.92. The van der Waals surface area contributed by atoms with E-state index in [1.165, 1.54) is 13.8 Å². The Balaban J connectivity index is 0. The highest BCUT2D eigenvalue weighted by atomic mass is 32.1. The van der Waals surface area contributed by atoms with Gasteiger partial charge in [-0.25, -0.2) is 4.79 Å². The number of alkyl halides is 3. The van der Waals surface area contributed by atoms with Crippen molar-refractivity contribution < 1.29 is 62.1 Å². The van der Waals surface area contributed by atoms with Gasteiger partial charge in [0.2, 0.25) is 29.5 Å². The van der Waals surface area contributed by atoms with Crippen LogP contribution in [0.3, 0.4) is 0 Å². The Morgan fingerprint density at radius 3 is 1.45 bits per heavy atom. The van der Waals surface area contributed by atoms with Crippen molar-refractivity contribution in [2.24, 2.45) is 11.5 Å². The summed E-state index contributed by atoms with van der Waals surface area (Å²) in [5, 5.41) is 37.9. The molecule has 0 unspecified atom stereocenters. The molecule has 7 atom stereocenters. The highest BCUT2D eigenvalue weighted by Gasteiger charge is 2.38. The van der Waals surface area contributed by atoms with E-state index in [0.29, 0.717) is 25.8 Å². The smallest absolute Gasteiger partial charge is 0.480 e. The molecule has 0 aromatic heterocycles. The summed E-state index contributed by atoms with van der Waals surface area (Å²) in [4.78, 5) is 82.9. The van der Waals surface area contributed by atoms with Crippen molar-refractivity contribution in [3.8, 4) is 0 Å². The van der Waals surface area contributed by atoms with Gasteiger partial charge in [0.15, 0.2) is 0 Å². The largest absolute Gasteiger partial charge is 0.490 e. The van der Waals surface area contributed by atoms with Crippen molar-refractivity contribution in [1.82, 2.24) is 26.6 Å². The molecule has 0 radical (unpaired) electrons. The number of nitrogens with two attached hydrogens (primary N) is 2. The summed E-state index contributed by atoms with van der Waals surface area (Å²) in [7, 11) is 0. The molecule has 0 aliphatic rings. The van der Waals surface area contributed by atoms with Crippen LogP contribution in [-0.4, -0.2) is 129 Å².